The summed E-state index contributed by atoms with van der Waals surface area (Å²) in [4.78, 5) is 30.4. The highest BCUT2D eigenvalue weighted by molar-refractivity contribution is 8.01. The number of esters is 1. The molecule has 23 heavy (non-hydrogen) atoms. The van der Waals surface area contributed by atoms with Gasteiger partial charge >= 0.3 is 5.97 Å². The number of ether oxygens (including phenoxy) is 1. The Balaban J connectivity index is 1.80. The zero-order chi connectivity index (χ0) is 16.8. The van der Waals surface area contributed by atoms with E-state index in [0.717, 1.165) is 5.56 Å². The van der Waals surface area contributed by atoms with Gasteiger partial charge in [0.1, 0.15) is 11.4 Å². The molecular formula is C16H17ClN2O3S. The summed E-state index contributed by atoms with van der Waals surface area (Å²) in [5.41, 5.74) is 0.771. The van der Waals surface area contributed by atoms with E-state index in [1.54, 1.807) is 28.9 Å². The Bertz CT molecular complexity index is 692. The van der Waals surface area contributed by atoms with Crippen molar-refractivity contribution >= 4 is 41.5 Å². The lowest BCUT2D eigenvalue weighted by Gasteiger charge is -2.41. The number of fused-ring (bicyclic) bond motifs is 1. The second-order valence-electron chi connectivity index (χ2n) is 6.03. The molecule has 2 aliphatic heterocycles. The quantitative estimate of drug-likeness (QED) is 0.476. The number of amides is 1. The number of β-lactam (4-membered cyclic amide) rings is 1. The third-order valence-corrected chi connectivity index (χ3v) is 6.02. The molecule has 3 atom stereocenters. The summed E-state index contributed by atoms with van der Waals surface area (Å²) in [5, 5.41) is 0.451. The molecule has 0 N–H and O–H groups in total. The van der Waals surface area contributed by atoms with E-state index in [0.29, 0.717) is 5.02 Å². The molecule has 2 heterocycles. The lowest BCUT2D eigenvalue weighted by Crippen LogP contribution is -2.65. The van der Waals surface area contributed by atoms with Gasteiger partial charge < -0.3 is 9.64 Å². The molecule has 2 saturated heterocycles. The Kier molecular flexibility index (Phi) is 4.14. The molecule has 1 amide bonds. The van der Waals surface area contributed by atoms with E-state index >= 15 is 0 Å². The van der Waals surface area contributed by atoms with Gasteiger partial charge in [0.15, 0.2) is 6.04 Å². The van der Waals surface area contributed by atoms with Crippen LogP contribution in [-0.4, -0.2) is 52.3 Å². The molecule has 3 rings (SSSR count). The molecule has 122 valence electrons. The van der Waals surface area contributed by atoms with Crippen LogP contribution in [0, 0.1) is 0 Å². The fourth-order valence-corrected chi connectivity index (χ4v) is 4.76. The van der Waals surface area contributed by atoms with Crippen molar-refractivity contribution in [1.82, 2.24) is 4.90 Å². The van der Waals surface area contributed by atoms with Crippen LogP contribution in [0.3, 0.4) is 0 Å². The summed E-state index contributed by atoms with van der Waals surface area (Å²) in [5.74, 6) is -0.529. The summed E-state index contributed by atoms with van der Waals surface area (Å²) in [6, 6.07) is 6.27. The van der Waals surface area contributed by atoms with Crippen LogP contribution in [0.2, 0.25) is 5.02 Å². The second kappa shape index (κ2) is 5.83. The average Bonchev–Trinajstić information content (AvgIpc) is 2.76. The van der Waals surface area contributed by atoms with Crippen LogP contribution in [-0.2, 0) is 14.3 Å². The topological polar surface area (TPSA) is 59.0 Å². The van der Waals surface area contributed by atoms with Crippen LogP contribution < -0.4 is 0 Å². The van der Waals surface area contributed by atoms with Crippen molar-refractivity contribution in [2.45, 2.75) is 36.1 Å². The zero-order valence-corrected chi connectivity index (χ0v) is 14.6. The summed E-state index contributed by atoms with van der Waals surface area (Å²) in [6.07, 6.45) is 1.63. The molecular weight excluding hydrogens is 336 g/mol. The van der Waals surface area contributed by atoms with Crippen LogP contribution in [0.1, 0.15) is 19.4 Å². The lowest BCUT2D eigenvalue weighted by molar-refractivity contribution is -0.160. The van der Waals surface area contributed by atoms with Crippen LogP contribution in [0.25, 0.3) is 0 Å². The first-order valence-corrected chi connectivity index (χ1v) is 8.48. The van der Waals surface area contributed by atoms with Crippen molar-refractivity contribution < 1.29 is 14.3 Å². The van der Waals surface area contributed by atoms with E-state index in [9.17, 15) is 9.59 Å². The monoisotopic (exact) mass is 352 g/mol. The summed E-state index contributed by atoms with van der Waals surface area (Å²) in [7, 11) is 1.34. The number of aliphatic imine (C=N–C) groups is 1. The predicted molar refractivity (Wildman–Crippen MR) is 90.9 cm³/mol. The first kappa shape index (κ1) is 16.3. The summed E-state index contributed by atoms with van der Waals surface area (Å²) < 4.78 is 4.45. The lowest BCUT2D eigenvalue weighted by atomic mass is 9.96. The van der Waals surface area contributed by atoms with E-state index < -0.39 is 16.8 Å². The summed E-state index contributed by atoms with van der Waals surface area (Å²) in [6.45, 7) is 3.89. The second-order valence-corrected chi connectivity index (χ2v) is 8.21. The molecule has 0 aromatic heterocycles. The fourth-order valence-electron chi connectivity index (χ4n) is 2.96. The number of halogens is 1. The molecule has 1 unspecified atom stereocenters. The van der Waals surface area contributed by atoms with Crippen molar-refractivity contribution in [3.8, 4) is 0 Å². The largest absolute Gasteiger partial charge is 0.467 e. The minimum absolute atomic E-state index is 0.139. The van der Waals surface area contributed by atoms with Gasteiger partial charge in [0.2, 0.25) is 0 Å². The fraction of sp³-hybridized carbons (Fsp3) is 0.438. The van der Waals surface area contributed by atoms with Crippen molar-refractivity contribution in [2.24, 2.45) is 4.99 Å². The molecule has 1 aromatic rings. The number of carbonyl (C=O) groups is 2. The number of methoxy groups -OCH3 is 1. The number of thioether (sulfide) groups is 1. The van der Waals surface area contributed by atoms with Gasteiger partial charge in [-0.1, -0.05) is 29.8 Å². The van der Waals surface area contributed by atoms with Gasteiger partial charge in [-0.3, -0.25) is 9.79 Å². The Labute approximate surface area is 144 Å². The van der Waals surface area contributed by atoms with Gasteiger partial charge in [-0.2, -0.15) is 0 Å². The molecule has 2 aliphatic rings. The van der Waals surface area contributed by atoms with E-state index in [2.05, 4.69) is 4.99 Å². The standard InChI is InChI=1S/C16H17ClN2O3S/c1-16(2)12(15(21)22-3)19-13(20)11(14(19)23-16)18-8-9-6-4-5-7-10(9)17/h4-8,11-12,14H,1-3H3/b18-8+/t11?,12-,14+/m0/s1. The number of hydrogen-bond acceptors (Lipinski definition) is 5. The summed E-state index contributed by atoms with van der Waals surface area (Å²) >= 11 is 7.67. The van der Waals surface area contributed by atoms with Gasteiger partial charge in [-0.05, 0) is 19.9 Å². The third kappa shape index (κ3) is 2.64. The SMILES string of the molecule is COC(=O)[C@@H]1N2C(=O)C(/N=C/c3ccccc3Cl)[C@H]2SC1(C)C. The minimum Gasteiger partial charge on any atom is -0.467 e. The van der Waals surface area contributed by atoms with Crippen LogP contribution in [0.15, 0.2) is 29.3 Å². The molecule has 1 aromatic carbocycles. The third-order valence-electron chi connectivity index (χ3n) is 4.12. The number of nitrogens with zero attached hydrogens (tertiary/aromatic N) is 2. The van der Waals surface area contributed by atoms with Crippen LogP contribution in [0.4, 0.5) is 0 Å². The van der Waals surface area contributed by atoms with Gasteiger partial charge in [0.05, 0.1) is 7.11 Å². The van der Waals surface area contributed by atoms with Gasteiger partial charge in [-0.25, -0.2) is 4.79 Å². The average molecular weight is 353 g/mol. The van der Waals surface area contributed by atoms with Crippen molar-refractivity contribution in [3.63, 3.8) is 0 Å². The number of rotatable bonds is 3. The Hall–Kier alpha value is -1.53. The van der Waals surface area contributed by atoms with Gasteiger partial charge in [-0.15, -0.1) is 11.8 Å². The smallest absolute Gasteiger partial charge is 0.330 e. The van der Waals surface area contributed by atoms with Crippen molar-refractivity contribution in [2.75, 3.05) is 7.11 Å². The Morgan fingerprint density at radius 1 is 1.43 bits per heavy atom. The Morgan fingerprint density at radius 3 is 2.78 bits per heavy atom. The highest BCUT2D eigenvalue weighted by atomic mass is 35.5. The maximum atomic E-state index is 12.4. The number of carbonyl (C=O) groups excluding carboxylic acids is 2. The first-order chi connectivity index (χ1) is 10.9. The minimum atomic E-state index is -0.568. The first-order valence-electron chi connectivity index (χ1n) is 7.22. The molecule has 0 spiro atoms. The number of benzene rings is 1. The molecule has 0 bridgehead atoms. The predicted octanol–water partition coefficient (Wildman–Crippen LogP) is 2.36. The molecule has 2 fully saturated rings. The molecule has 7 heteroatoms. The highest BCUT2D eigenvalue weighted by Crippen LogP contribution is 2.51. The number of hydrogen-bond donors (Lipinski definition) is 0. The molecule has 5 nitrogen and oxygen atoms in total. The van der Waals surface area contributed by atoms with E-state index in [-0.39, 0.29) is 17.3 Å². The normalized spacial score (nSPS) is 28.6. The van der Waals surface area contributed by atoms with Crippen molar-refractivity contribution in [3.05, 3.63) is 34.9 Å². The maximum Gasteiger partial charge on any atom is 0.330 e. The highest BCUT2D eigenvalue weighted by Gasteiger charge is 2.64. The zero-order valence-electron chi connectivity index (χ0n) is 13.0. The van der Waals surface area contributed by atoms with E-state index in [1.807, 2.05) is 32.0 Å². The van der Waals surface area contributed by atoms with E-state index in [1.165, 1.54) is 7.11 Å². The molecule has 0 aliphatic carbocycles. The molecule has 0 radical (unpaired) electrons. The maximum absolute atomic E-state index is 12.4. The van der Waals surface area contributed by atoms with Gasteiger partial charge in [0, 0.05) is 21.5 Å². The molecule has 0 saturated carbocycles. The van der Waals surface area contributed by atoms with Gasteiger partial charge in [0.25, 0.3) is 5.91 Å². The van der Waals surface area contributed by atoms with Crippen LogP contribution >= 0.6 is 23.4 Å². The van der Waals surface area contributed by atoms with Crippen molar-refractivity contribution in [1.29, 1.82) is 0 Å². The van der Waals surface area contributed by atoms with E-state index in [4.69, 9.17) is 16.3 Å². The Morgan fingerprint density at radius 2 is 2.13 bits per heavy atom. The van der Waals surface area contributed by atoms with Crippen LogP contribution in [0.5, 0.6) is 0 Å².